The number of hydrogen-bond acceptors (Lipinski definition) is 2. The maximum Gasteiger partial charge on any atom is 0.0433 e. The molecule has 2 bridgehead atoms. The molecule has 0 aromatic heterocycles. The molecule has 1 aromatic rings. The highest BCUT2D eigenvalue weighted by molar-refractivity contribution is 5.49. The predicted molar refractivity (Wildman–Crippen MR) is 77.0 cm³/mol. The Morgan fingerprint density at radius 2 is 1.89 bits per heavy atom. The Labute approximate surface area is 111 Å². The van der Waals surface area contributed by atoms with Gasteiger partial charge in [-0.3, -0.25) is 4.90 Å². The standard InChI is InChI=1S/C16H24N2/c1-13(2)8-9-17-11-16-10-15(17)12-18(16)14-6-4-3-5-7-14/h3-7,13,15-16H,8-12H2,1-2H3. The average Bonchev–Trinajstić information content (AvgIpc) is 2.97. The van der Waals surface area contributed by atoms with Gasteiger partial charge in [0.2, 0.25) is 0 Å². The van der Waals surface area contributed by atoms with E-state index >= 15 is 0 Å². The van der Waals surface area contributed by atoms with Gasteiger partial charge in [-0.05, 0) is 37.4 Å². The second-order valence-corrected chi connectivity index (χ2v) is 6.21. The van der Waals surface area contributed by atoms with Crippen LogP contribution in [0.4, 0.5) is 5.69 Å². The second-order valence-electron chi connectivity index (χ2n) is 6.21. The molecule has 0 radical (unpaired) electrons. The number of benzene rings is 1. The van der Waals surface area contributed by atoms with Crippen LogP contribution in [-0.4, -0.2) is 36.6 Å². The molecule has 2 heteroatoms. The van der Waals surface area contributed by atoms with Crippen molar-refractivity contribution in [2.45, 2.75) is 38.8 Å². The van der Waals surface area contributed by atoms with Gasteiger partial charge in [-0.25, -0.2) is 0 Å². The van der Waals surface area contributed by atoms with Crippen molar-refractivity contribution in [3.05, 3.63) is 30.3 Å². The van der Waals surface area contributed by atoms with Crippen molar-refractivity contribution < 1.29 is 0 Å². The minimum atomic E-state index is 0.754. The first-order chi connectivity index (χ1) is 8.74. The number of rotatable bonds is 4. The Kier molecular flexibility index (Phi) is 3.29. The maximum absolute atomic E-state index is 2.71. The smallest absolute Gasteiger partial charge is 0.0433 e. The SMILES string of the molecule is CC(C)CCN1CC2CC1CN2c1ccccc1. The van der Waals surface area contributed by atoms with Crippen LogP contribution in [0, 0.1) is 5.92 Å². The molecule has 0 amide bonds. The van der Waals surface area contributed by atoms with Crippen LogP contribution in [0.1, 0.15) is 26.7 Å². The third-order valence-corrected chi connectivity index (χ3v) is 4.44. The van der Waals surface area contributed by atoms with Gasteiger partial charge in [0.1, 0.15) is 0 Å². The first kappa shape index (κ1) is 12.0. The molecule has 2 atom stereocenters. The van der Waals surface area contributed by atoms with Crippen LogP contribution in [0.15, 0.2) is 30.3 Å². The summed E-state index contributed by atoms with van der Waals surface area (Å²) >= 11 is 0. The van der Waals surface area contributed by atoms with Gasteiger partial charge < -0.3 is 4.90 Å². The number of likely N-dealkylation sites (tertiary alicyclic amines) is 1. The van der Waals surface area contributed by atoms with Gasteiger partial charge in [0.25, 0.3) is 0 Å². The van der Waals surface area contributed by atoms with Gasteiger partial charge in [-0.1, -0.05) is 32.0 Å². The molecule has 2 heterocycles. The first-order valence-electron chi connectivity index (χ1n) is 7.30. The zero-order valence-electron chi connectivity index (χ0n) is 11.5. The van der Waals surface area contributed by atoms with Crippen LogP contribution in [0.25, 0.3) is 0 Å². The van der Waals surface area contributed by atoms with Gasteiger partial charge in [0.05, 0.1) is 0 Å². The lowest BCUT2D eigenvalue weighted by Crippen LogP contribution is -2.46. The number of anilines is 1. The lowest BCUT2D eigenvalue weighted by atomic mass is 10.1. The van der Waals surface area contributed by atoms with Crippen molar-refractivity contribution in [2.24, 2.45) is 5.92 Å². The summed E-state index contributed by atoms with van der Waals surface area (Å²) in [6.07, 6.45) is 2.71. The summed E-state index contributed by atoms with van der Waals surface area (Å²) in [6.45, 7) is 8.44. The molecule has 18 heavy (non-hydrogen) atoms. The van der Waals surface area contributed by atoms with E-state index in [-0.39, 0.29) is 0 Å². The Balaban J connectivity index is 1.61. The highest BCUT2D eigenvalue weighted by Crippen LogP contribution is 2.34. The lowest BCUT2D eigenvalue weighted by molar-refractivity contribution is 0.226. The van der Waals surface area contributed by atoms with Crippen molar-refractivity contribution in [3.63, 3.8) is 0 Å². The van der Waals surface area contributed by atoms with Crippen molar-refractivity contribution in [2.75, 3.05) is 24.5 Å². The fraction of sp³-hybridized carbons (Fsp3) is 0.625. The Bertz CT molecular complexity index is 387. The van der Waals surface area contributed by atoms with E-state index < -0.39 is 0 Å². The molecule has 0 N–H and O–H groups in total. The molecule has 0 spiro atoms. The second kappa shape index (κ2) is 4.93. The van der Waals surface area contributed by atoms with E-state index in [0.29, 0.717) is 0 Å². The van der Waals surface area contributed by atoms with Gasteiger partial charge in [-0.2, -0.15) is 0 Å². The van der Waals surface area contributed by atoms with E-state index in [0.717, 1.165) is 18.0 Å². The Morgan fingerprint density at radius 3 is 2.50 bits per heavy atom. The van der Waals surface area contributed by atoms with Crippen molar-refractivity contribution >= 4 is 5.69 Å². The zero-order valence-corrected chi connectivity index (χ0v) is 11.5. The van der Waals surface area contributed by atoms with E-state index in [4.69, 9.17) is 0 Å². The third-order valence-electron chi connectivity index (χ3n) is 4.44. The number of piperazine rings is 1. The summed E-state index contributed by atoms with van der Waals surface area (Å²) in [5.41, 5.74) is 1.41. The first-order valence-corrected chi connectivity index (χ1v) is 7.30. The molecule has 2 aliphatic heterocycles. The molecule has 2 nitrogen and oxygen atoms in total. The number of hydrogen-bond donors (Lipinski definition) is 0. The zero-order chi connectivity index (χ0) is 12.5. The minimum absolute atomic E-state index is 0.754. The maximum atomic E-state index is 2.71. The number of para-hydroxylation sites is 1. The molecule has 2 unspecified atom stereocenters. The molecule has 2 saturated heterocycles. The summed E-state index contributed by atoms with van der Waals surface area (Å²) in [5.74, 6) is 0.828. The fourth-order valence-corrected chi connectivity index (χ4v) is 3.38. The van der Waals surface area contributed by atoms with E-state index in [1.807, 2.05) is 0 Å². The van der Waals surface area contributed by atoms with Crippen LogP contribution in [0.2, 0.25) is 0 Å². The summed E-state index contributed by atoms with van der Waals surface area (Å²) in [6, 6.07) is 12.5. The summed E-state index contributed by atoms with van der Waals surface area (Å²) in [7, 11) is 0. The van der Waals surface area contributed by atoms with Crippen molar-refractivity contribution in [3.8, 4) is 0 Å². The van der Waals surface area contributed by atoms with Crippen LogP contribution in [-0.2, 0) is 0 Å². The predicted octanol–water partition coefficient (Wildman–Crippen LogP) is 3.00. The van der Waals surface area contributed by atoms with Crippen LogP contribution < -0.4 is 4.90 Å². The average molecular weight is 244 g/mol. The van der Waals surface area contributed by atoms with Crippen LogP contribution in [0.5, 0.6) is 0 Å². The van der Waals surface area contributed by atoms with Gasteiger partial charge in [-0.15, -0.1) is 0 Å². The van der Waals surface area contributed by atoms with Crippen LogP contribution in [0.3, 0.4) is 0 Å². The van der Waals surface area contributed by atoms with Gasteiger partial charge >= 0.3 is 0 Å². The quantitative estimate of drug-likeness (QED) is 0.803. The Hall–Kier alpha value is -1.02. The van der Waals surface area contributed by atoms with Gasteiger partial charge in [0.15, 0.2) is 0 Å². The lowest BCUT2D eigenvalue weighted by Gasteiger charge is -2.35. The van der Waals surface area contributed by atoms with Gasteiger partial charge in [0, 0.05) is 30.9 Å². The van der Waals surface area contributed by atoms with E-state index in [2.05, 4.69) is 54.0 Å². The molecule has 98 valence electrons. The summed E-state index contributed by atoms with van der Waals surface area (Å²) < 4.78 is 0. The number of nitrogens with zero attached hydrogens (tertiary/aromatic N) is 2. The van der Waals surface area contributed by atoms with Crippen molar-refractivity contribution in [1.82, 2.24) is 4.90 Å². The molecule has 2 fully saturated rings. The van der Waals surface area contributed by atoms with E-state index in [9.17, 15) is 0 Å². The normalized spacial score (nSPS) is 27.4. The Morgan fingerprint density at radius 1 is 1.11 bits per heavy atom. The molecule has 3 rings (SSSR count). The number of fused-ring (bicyclic) bond motifs is 2. The minimum Gasteiger partial charge on any atom is -0.366 e. The molecule has 2 aliphatic rings. The summed E-state index contributed by atoms with van der Waals surface area (Å²) in [4.78, 5) is 5.32. The highest BCUT2D eigenvalue weighted by atomic mass is 15.3. The van der Waals surface area contributed by atoms with E-state index in [1.165, 1.54) is 38.2 Å². The molecule has 0 aliphatic carbocycles. The fourth-order valence-electron chi connectivity index (χ4n) is 3.38. The molecule has 0 saturated carbocycles. The molecular formula is C16H24N2. The largest absolute Gasteiger partial charge is 0.366 e. The topological polar surface area (TPSA) is 6.48 Å². The highest BCUT2D eigenvalue weighted by Gasteiger charge is 2.42. The molecule has 1 aromatic carbocycles. The molecular weight excluding hydrogens is 220 g/mol. The van der Waals surface area contributed by atoms with Crippen LogP contribution >= 0.6 is 0 Å². The third kappa shape index (κ3) is 2.26. The van der Waals surface area contributed by atoms with E-state index in [1.54, 1.807) is 0 Å². The van der Waals surface area contributed by atoms with Crippen molar-refractivity contribution in [1.29, 1.82) is 0 Å². The monoisotopic (exact) mass is 244 g/mol. The summed E-state index contributed by atoms with van der Waals surface area (Å²) in [5, 5.41) is 0.